The highest BCUT2D eigenvalue weighted by Gasteiger charge is 2.28. The van der Waals surface area contributed by atoms with Crippen molar-refractivity contribution in [2.45, 2.75) is 69.8 Å². The maximum Gasteiger partial charge on any atom is 0.0648 e. The highest BCUT2D eigenvalue weighted by molar-refractivity contribution is 4.82. The van der Waals surface area contributed by atoms with Crippen LogP contribution in [0.5, 0.6) is 0 Å². The molecule has 0 aromatic rings. The molecule has 2 aliphatic rings. The number of piperidine rings is 1. The third kappa shape index (κ3) is 3.74. The second kappa shape index (κ2) is 6.02. The summed E-state index contributed by atoms with van der Waals surface area (Å²) in [4.78, 5) is 2.58. The van der Waals surface area contributed by atoms with Gasteiger partial charge in [-0.05, 0) is 58.2 Å². The molecule has 1 N–H and O–H groups in total. The monoisotopic (exact) mass is 225 g/mol. The van der Waals surface area contributed by atoms with Gasteiger partial charge >= 0.3 is 0 Å². The van der Waals surface area contributed by atoms with Gasteiger partial charge in [0.15, 0.2) is 0 Å². The summed E-state index contributed by atoms with van der Waals surface area (Å²) >= 11 is 0. The molecule has 1 aliphatic heterocycles. The molecular formula is C14H27NO. The smallest absolute Gasteiger partial charge is 0.0648 e. The molecule has 1 heterocycles. The minimum Gasteiger partial charge on any atom is -0.390 e. The molecule has 0 bridgehead atoms. The Morgan fingerprint density at radius 3 is 2.19 bits per heavy atom. The Bertz CT molecular complexity index is 193. The van der Waals surface area contributed by atoms with E-state index in [1.807, 2.05) is 0 Å². The molecule has 0 spiro atoms. The summed E-state index contributed by atoms with van der Waals surface area (Å²) in [7, 11) is 0. The van der Waals surface area contributed by atoms with E-state index in [9.17, 15) is 5.11 Å². The van der Waals surface area contributed by atoms with Gasteiger partial charge in [-0.1, -0.05) is 25.7 Å². The first-order chi connectivity index (χ1) is 7.79. The number of hydrogen-bond donors (Lipinski definition) is 1. The molecule has 94 valence electrons. The first-order valence-electron chi connectivity index (χ1n) is 7.23. The third-order valence-corrected chi connectivity index (χ3v) is 4.35. The zero-order valence-corrected chi connectivity index (χ0v) is 10.6. The van der Waals surface area contributed by atoms with Crippen LogP contribution in [0.3, 0.4) is 0 Å². The second-order valence-electron chi connectivity index (χ2n) is 5.79. The molecule has 0 radical (unpaired) electrons. The van der Waals surface area contributed by atoms with Crippen LogP contribution in [-0.2, 0) is 0 Å². The number of likely N-dealkylation sites (tertiary alicyclic amines) is 1. The predicted molar refractivity (Wildman–Crippen MR) is 67.6 cm³/mol. The third-order valence-electron chi connectivity index (χ3n) is 4.35. The highest BCUT2D eigenvalue weighted by atomic mass is 16.3. The number of hydrogen-bond acceptors (Lipinski definition) is 2. The average molecular weight is 225 g/mol. The summed E-state index contributed by atoms with van der Waals surface area (Å²) in [6, 6.07) is 0. The molecule has 2 nitrogen and oxygen atoms in total. The van der Waals surface area contributed by atoms with Crippen molar-refractivity contribution in [3.05, 3.63) is 0 Å². The Balaban J connectivity index is 1.62. The Morgan fingerprint density at radius 2 is 1.50 bits per heavy atom. The van der Waals surface area contributed by atoms with Crippen molar-refractivity contribution in [3.63, 3.8) is 0 Å². The van der Waals surface area contributed by atoms with E-state index in [2.05, 4.69) is 4.90 Å². The number of aliphatic hydroxyl groups is 1. The van der Waals surface area contributed by atoms with E-state index in [1.54, 1.807) is 0 Å². The first-order valence-corrected chi connectivity index (χ1v) is 7.23. The lowest BCUT2D eigenvalue weighted by atomic mass is 9.81. The van der Waals surface area contributed by atoms with Crippen LogP contribution in [0.1, 0.15) is 64.2 Å². The fraction of sp³-hybridized carbons (Fsp3) is 1.00. The van der Waals surface area contributed by atoms with Gasteiger partial charge in [-0.3, -0.25) is 0 Å². The summed E-state index contributed by atoms with van der Waals surface area (Å²) in [6.45, 7) is 3.79. The van der Waals surface area contributed by atoms with Crippen molar-refractivity contribution >= 4 is 0 Å². The topological polar surface area (TPSA) is 23.5 Å². The second-order valence-corrected chi connectivity index (χ2v) is 5.79. The molecule has 0 atom stereocenters. The number of rotatable bonds is 4. The van der Waals surface area contributed by atoms with Gasteiger partial charge in [0.05, 0.1) is 5.60 Å². The Labute approximate surface area is 100 Å². The van der Waals surface area contributed by atoms with Gasteiger partial charge in [0.2, 0.25) is 0 Å². The van der Waals surface area contributed by atoms with Crippen molar-refractivity contribution < 1.29 is 5.11 Å². The lowest BCUT2D eigenvalue weighted by molar-refractivity contribution is -0.00763. The molecule has 16 heavy (non-hydrogen) atoms. The molecule has 1 aliphatic carbocycles. The Kier molecular flexibility index (Phi) is 4.66. The fourth-order valence-electron chi connectivity index (χ4n) is 3.27. The first kappa shape index (κ1) is 12.4. The summed E-state index contributed by atoms with van der Waals surface area (Å²) in [6.07, 6.45) is 12.3. The van der Waals surface area contributed by atoms with Crippen LogP contribution in [0.15, 0.2) is 0 Å². The standard InChI is InChI=1S/C14H27NO/c16-14(8-3-1-4-9-14)10-7-13-15-11-5-2-6-12-15/h16H,1-13H2. The van der Waals surface area contributed by atoms with Gasteiger partial charge in [-0.2, -0.15) is 0 Å². The van der Waals surface area contributed by atoms with E-state index < -0.39 is 0 Å². The van der Waals surface area contributed by atoms with E-state index in [0.29, 0.717) is 0 Å². The molecule has 0 unspecified atom stereocenters. The van der Waals surface area contributed by atoms with Crippen molar-refractivity contribution in [2.24, 2.45) is 0 Å². The normalized spacial score (nSPS) is 26.8. The minimum atomic E-state index is -0.298. The summed E-state index contributed by atoms with van der Waals surface area (Å²) in [5, 5.41) is 10.4. The summed E-state index contributed by atoms with van der Waals surface area (Å²) < 4.78 is 0. The van der Waals surface area contributed by atoms with Crippen LogP contribution in [0, 0.1) is 0 Å². The molecule has 1 saturated carbocycles. The van der Waals surface area contributed by atoms with E-state index in [0.717, 1.165) is 19.3 Å². The molecule has 0 aromatic heterocycles. The van der Waals surface area contributed by atoms with E-state index in [-0.39, 0.29) is 5.60 Å². The van der Waals surface area contributed by atoms with E-state index >= 15 is 0 Å². The number of nitrogens with zero attached hydrogens (tertiary/aromatic N) is 1. The van der Waals surface area contributed by atoms with E-state index in [4.69, 9.17) is 0 Å². The molecule has 0 amide bonds. The molecule has 2 rings (SSSR count). The predicted octanol–water partition coefficient (Wildman–Crippen LogP) is 2.95. The van der Waals surface area contributed by atoms with Crippen molar-refractivity contribution in [1.29, 1.82) is 0 Å². The largest absolute Gasteiger partial charge is 0.390 e. The van der Waals surface area contributed by atoms with Gasteiger partial charge < -0.3 is 10.0 Å². The molecule has 1 saturated heterocycles. The van der Waals surface area contributed by atoms with Gasteiger partial charge in [0, 0.05) is 0 Å². The maximum absolute atomic E-state index is 10.4. The zero-order chi connectivity index (χ0) is 11.3. The van der Waals surface area contributed by atoms with Crippen molar-refractivity contribution in [3.8, 4) is 0 Å². The van der Waals surface area contributed by atoms with Gasteiger partial charge in [-0.15, -0.1) is 0 Å². The average Bonchev–Trinajstić information content (AvgIpc) is 2.31. The zero-order valence-electron chi connectivity index (χ0n) is 10.6. The van der Waals surface area contributed by atoms with Gasteiger partial charge in [0.25, 0.3) is 0 Å². The SMILES string of the molecule is OC1(CCCN2CCCCC2)CCCCC1. The minimum absolute atomic E-state index is 0.298. The fourth-order valence-corrected chi connectivity index (χ4v) is 3.27. The van der Waals surface area contributed by atoms with Crippen LogP contribution in [0.4, 0.5) is 0 Å². The highest BCUT2D eigenvalue weighted by Crippen LogP contribution is 2.31. The molecular weight excluding hydrogens is 198 g/mol. The summed E-state index contributed by atoms with van der Waals surface area (Å²) in [5.74, 6) is 0. The summed E-state index contributed by atoms with van der Waals surface area (Å²) in [5.41, 5.74) is -0.298. The molecule has 2 fully saturated rings. The van der Waals surface area contributed by atoms with Gasteiger partial charge in [-0.25, -0.2) is 0 Å². The van der Waals surface area contributed by atoms with Crippen LogP contribution in [0.2, 0.25) is 0 Å². The quantitative estimate of drug-likeness (QED) is 0.795. The van der Waals surface area contributed by atoms with Crippen LogP contribution in [0.25, 0.3) is 0 Å². The molecule has 0 aromatic carbocycles. The van der Waals surface area contributed by atoms with Crippen molar-refractivity contribution in [1.82, 2.24) is 4.90 Å². The lowest BCUT2D eigenvalue weighted by Crippen LogP contribution is -2.34. The van der Waals surface area contributed by atoms with Gasteiger partial charge in [0.1, 0.15) is 0 Å². The van der Waals surface area contributed by atoms with Crippen LogP contribution < -0.4 is 0 Å². The van der Waals surface area contributed by atoms with Crippen LogP contribution >= 0.6 is 0 Å². The maximum atomic E-state index is 10.4. The molecule has 2 heteroatoms. The van der Waals surface area contributed by atoms with Crippen LogP contribution in [-0.4, -0.2) is 35.2 Å². The van der Waals surface area contributed by atoms with E-state index in [1.165, 1.54) is 64.6 Å². The lowest BCUT2D eigenvalue weighted by Gasteiger charge is -2.33. The Hall–Kier alpha value is -0.0800. The Morgan fingerprint density at radius 1 is 0.875 bits per heavy atom. The van der Waals surface area contributed by atoms with Crippen molar-refractivity contribution in [2.75, 3.05) is 19.6 Å².